The van der Waals surface area contributed by atoms with Crippen LogP contribution in [-0.4, -0.2) is 49.7 Å². The van der Waals surface area contributed by atoms with Gasteiger partial charge in [0, 0.05) is 25.6 Å². The highest BCUT2D eigenvalue weighted by molar-refractivity contribution is 7.89. The Hall–Kier alpha value is -1.46. The topological polar surface area (TPSA) is 77.8 Å². The van der Waals surface area contributed by atoms with Crippen LogP contribution in [0.15, 0.2) is 23.1 Å². The standard InChI is InChI=1S/C13H16FNO4S/c1-15(7-9-17)20(18,19)13-6-5-11(10-12(13)14)4-2-3-8-16/h5-6,10,16-17H,3,7-9H2,1H3. The summed E-state index contributed by atoms with van der Waals surface area (Å²) in [5, 5.41) is 17.3. The van der Waals surface area contributed by atoms with E-state index in [1.54, 1.807) is 0 Å². The summed E-state index contributed by atoms with van der Waals surface area (Å²) in [6.45, 7) is -0.546. The number of nitrogens with zero attached hydrogens (tertiary/aromatic N) is 1. The van der Waals surface area contributed by atoms with E-state index in [0.29, 0.717) is 5.56 Å². The van der Waals surface area contributed by atoms with E-state index in [0.717, 1.165) is 16.4 Å². The monoisotopic (exact) mass is 301 g/mol. The quantitative estimate of drug-likeness (QED) is 0.760. The van der Waals surface area contributed by atoms with Crippen LogP contribution in [0, 0.1) is 17.7 Å². The van der Waals surface area contributed by atoms with Gasteiger partial charge in [-0.25, -0.2) is 12.8 Å². The molecule has 0 aromatic heterocycles. The van der Waals surface area contributed by atoms with Crippen LogP contribution in [0.5, 0.6) is 0 Å². The molecule has 1 aromatic carbocycles. The third-order valence-electron chi connectivity index (χ3n) is 2.50. The van der Waals surface area contributed by atoms with Crippen LogP contribution < -0.4 is 0 Å². The number of hydrogen-bond acceptors (Lipinski definition) is 4. The predicted octanol–water partition coefficient (Wildman–Crippen LogP) is 0.172. The number of rotatable bonds is 5. The molecule has 110 valence electrons. The molecule has 7 heteroatoms. The summed E-state index contributed by atoms with van der Waals surface area (Å²) in [6.07, 6.45) is 0.265. The van der Waals surface area contributed by atoms with Crippen molar-refractivity contribution in [2.45, 2.75) is 11.3 Å². The van der Waals surface area contributed by atoms with Gasteiger partial charge in [0.2, 0.25) is 10.0 Å². The SMILES string of the molecule is CN(CCO)S(=O)(=O)c1ccc(C#CCCO)cc1F. The van der Waals surface area contributed by atoms with Gasteiger partial charge in [-0.2, -0.15) is 4.31 Å². The van der Waals surface area contributed by atoms with Gasteiger partial charge in [0.1, 0.15) is 10.7 Å². The van der Waals surface area contributed by atoms with E-state index in [2.05, 4.69) is 11.8 Å². The number of hydrogen-bond donors (Lipinski definition) is 2. The van der Waals surface area contributed by atoms with Gasteiger partial charge < -0.3 is 10.2 Å². The van der Waals surface area contributed by atoms with Gasteiger partial charge in [0.15, 0.2) is 0 Å². The Morgan fingerprint density at radius 1 is 1.30 bits per heavy atom. The van der Waals surface area contributed by atoms with Gasteiger partial charge in [0.25, 0.3) is 0 Å². The van der Waals surface area contributed by atoms with Crippen molar-refractivity contribution in [3.8, 4) is 11.8 Å². The minimum Gasteiger partial charge on any atom is -0.395 e. The minimum atomic E-state index is -3.96. The normalized spacial score (nSPS) is 11.2. The first-order valence-corrected chi connectivity index (χ1v) is 7.34. The summed E-state index contributed by atoms with van der Waals surface area (Å²) in [5.41, 5.74) is 0.333. The van der Waals surface area contributed by atoms with Gasteiger partial charge >= 0.3 is 0 Å². The molecule has 0 aliphatic carbocycles. The van der Waals surface area contributed by atoms with Gasteiger partial charge in [-0.1, -0.05) is 11.8 Å². The Kier molecular flexibility index (Phi) is 6.10. The fourth-order valence-electron chi connectivity index (χ4n) is 1.44. The van der Waals surface area contributed by atoms with E-state index in [9.17, 15) is 12.8 Å². The molecular weight excluding hydrogens is 285 g/mol. The largest absolute Gasteiger partial charge is 0.395 e. The smallest absolute Gasteiger partial charge is 0.245 e. The lowest BCUT2D eigenvalue weighted by molar-refractivity contribution is 0.266. The molecule has 0 saturated heterocycles. The molecule has 0 bridgehead atoms. The molecule has 5 nitrogen and oxygen atoms in total. The lowest BCUT2D eigenvalue weighted by Crippen LogP contribution is -2.30. The Morgan fingerprint density at radius 3 is 2.55 bits per heavy atom. The highest BCUT2D eigenvalue weighted by Crippen LogP contribution is 2.19. The zero-order valence-electron chi connectivity index (χ0n) is 11.0. The molecule has 0 radical (unpaired) electrons. The van der Waals surface area contributed by atoms with Crippen molar-refractivity contribution in [1.29, 1.82) is 0 Å². The van der Waals surface area contributed by atoms with E-state index in [1.165, 1.54) is 13.1 Å². The maximum absolute atomic E-state index is 13.9. The maximum Gasteiger partial charge on any atom is 0.245 e. The molecular formula is C13H16FNO4S. The van der Waals surface area contributed by atoms with E-state index < -0.39 is 20.7 Å². The van der Waals surface area contributed by atoms with E-state index in [1.807, 2.05) is 0 Å². The van der Waals surface area contributed by atoms with Crippen molar-refractivity contribution in [1.82, 2.24) is 4.31 Å². The molecule has 20 heavy (non-hydrogen) atoms. The van der Waals surface area contributed by atoms with Gasteiger partial charge in [-0.3, -0.25) is 0 Å². The van der Waals surface area contributed by atoms with Crippen molar-refractivity contribution in [3.63, 3.8) is 0 Å². The van der Waals surface area contributed by atoms with Crippen LogP contribution in [0.3, 0.4) is 0 Å². The van der Waals surface area contributed by atoms with E-state index >= 15 is 0 Å². The summed E-state index contributed by atoms with van der Waals surface area (Å²) < 4.78 is 38.8. The summed E-state index contributed by atoms with van der Waals surface area (Å²) in [6, 6.07) is 3.57. The molecule has 0 unspecified atom stereocenters. The third kappa shape index (κ3) is 4.02. The second-order valence-corrected chi connectivity index (χ2v) is 5.98. The van der Waals surface area contributed by atoms with Crippen molar-refractivity contribution >= 4 is 10.0 Å². The number of aliphatic hydroxyl groups is 2. The lowest BCUT2D eigenvalue weighted by atomic mass is 10.2. The van der Waals surface area contributed by atoms with Crippen LogP contribution in [0.1, 0.15) is 12.0 Å². The zero-order valence-corrected chi connectivity index (χ0v) is 11.8. The van der Waals surface area contributed by atoms with Crippen molar-refractivity contribution < 1.29 is 23.0 Å². The molecule has 1 rings (SSSR count). The first kappa shape index (κ1) is 16.6. The third-order valence-corrected chi connectivity index (χ3v) is 4.39. The Labute approximate surface area is 117 Å². The first-order valence-electron chi connectivity index (χ1n) is 5.90. The highest BCUT2D eigenvalue weighted by atomic mass is 32.2. The molecule has 0 aliphatic heterocycles. The van der Waals surface area contributed by atoms with Crippen LogP contribution in [0.4, 0.5) is 4.39 Å². The molecule has 0 fully saturated rings. The van der Waals surface area contributed by atoms with Gasteiger partial charge in [-0.15, -0.1) is 0 Å². The molecule has 2 N–H and O–H groups in total. The fraction of sp³-hybridized carbons (Fsp3) is 0.385. The second kappa shape index (κ2) is 7.36. The van der Waals surface area contributed by atoms with E-state index in [-0.39, 0.29) is 26.2 Å². The summed E-state index contributed by atoms with van der Waals surface area (Å²) in [5.74, 6) is 4.34. The van der Waals surface area contributed by atoms with Crippen LogP contribution in [-0.2, 0) is 10.0 Å². The second-order valence-electron chi connectivity index (χ2n) is 3.97. The van der Waals surface area contributed by atoms with Crippen molar-refractivity contribution in [2.24, 2.45) is 0 Å². The Balaban J connectivity index is 3.08. The Morgan fingerprint density at radius 2 is 2.00 bits per heavy atom. The van der Waals surface area contributed by atoms with Crippen LogP contribution in [0.25, 0.3) is 0 Å². The summed E-state index contributed by atoms with van der Waals surface area (Å²) in [7, 11) is -2.70. The zero-order chi connectivity index (χ0) is 15.2. The predicted molar refractivity (Wildman–Crippen MR) is 71.9 cm³/mol. The molecule has 0 atom stereocenters. The maximum atomic E-state index is 13.9. The average Bonchev–Trinajstić information content (AvgIpc) is 2.39. The molecule has 0 aliphatic rings. The lowest BCUT2D eigenvalue weighted by Gasteiger charge is -2.16. The summed E-state index contributed by atoms with van der Waals surface area (Å²) in [4.78, 5) is -0.457. The molecule has 0 saturated carbocycles. The molecule has 1 aromatic rings. The van der Waals surface area contributed by atoms with Gasteiger partial charge in [0.05, 0.1) is 13.2 Å². The van der Waals surface area contributed by atoms with Crippen molar-refractivity contribution in [3.05, 3.63) is 29.6 Å². The average molecular weight is 301 g/mol. The van der Waals surface area contributed by atoms with Crippen molar-refractivity contribution in [2.75, 3.05) is 26.8 Å². The molecule has 0 spiro atoms. The van der Waals surface area contributed by atoms with E-state index in [4.69, 9.17) is 10.2 Å². The summed E-state index contributed by atoms with van der Waals surface area (Å²) >= 11 is 0. The molecule has 0 heterocycles. The number of halogens is 1. The molecule has 0 amide bonds. The minimum absolute atomic E-state index is 0.0894. The first-order chi connectivity index (χ1) is 9.43. The number of sulfonamides is 1. The van der Waals surface area contributed by atoms with Gasteiger partial charge in [-0.05, 0) is 18.2 Å². The number of benzene rings is 1. The Bertz CT molecular complexity index is 619. The van der Waals surface area contributed by atoms with Crippen LogP contribution in [0.2, 0.25) is 0 Å². The highest BCUT2D eigenvalue weighted by Gasteiger charge is 2.23. The number of likely N-dealkylation sites (N-methyl/N-ethyl adjacent to an activating group) is 1. The van der Waals surface area contributed by atoms with Crippen LogP contribution >= 0.6 is 0 Å². The fourth-order valence-corrected chi connectivity index (χ4v) is 2.64. The number of aliphatic hydroxyl groups excluding tert-OH is 2.